The number of benzene rings is 2. The van der Waals surface area contributed by atoms with Gasteiger partial charge in [-0.05, 0) is 54.9 Å². The van der Waals surface area contributed by atoms with Gasteiger partial charge in [0.1, 0.15) is 5.75 Å². The van der Waals surface area contributed by atoms with Gasteiger partial charge >= 0.3 is 0 Å². The van der Waals surface area contributed by atoms with Crippen molar-refractivity contribution in [1.82, 2.24) is 10.2 Å². The first kappa shape index (κ1) is 20.9. The number of nitrogens with zero attached hydrogens (tertiary/aromatic N) is 1. The van der Waals surface area contributed by atoms with Crippen LogP contribution in [0, 0.1) is 5.92 Å². The van der Waals surface area contributed by atoms with E-state index in [9.17, 15) is 4.79 Å². The first-order valence-corrected chi connectivity index (χ1v) is 11.0. The average Bonchev–Trinajstić information content (AvgIpc) is 3.64. The second-order valence-corrected chi connectivity index (χ2v) is 8.35. The molecule has 5 heteroatoms. The van der Waals surface area contributed by atoms with Gasteiger partial charge in [-0.3, -0.25) is 4.79 Å². The predicted octanol–water partition coefficient (Wildman–Crippen LogP) is 3.94. The molecular formula is C25H32N2O3. The molecule has 0 spiro atoms. The average molecular weight is 409 g/mol. The van der Waals surface area contributed by atoms with Crippen LogP contribution >= 0.6 is 0 Å². The summed E-state index contributed by atoms with van der Waals surface area (Å²) in [6, 6.07) is 18.7. The number of carbonyl (C=O) groups excluding carboxylic acids is 1. The van der Waals surface area contributed by atoms with Gasteiger partial charge in [0.15, 0.2) is 0 Å². The Balaban J connectivity index is 1.22. The second-order valence-electron chi connectivity index (χ2n) is 8.35. The van der Waals surface area contributed by atoms with E-state index in [1.165, 1.54) is 24.0 Å². The maximum atomic E-state index is 12.8. The third kappa shape index (κ3) is 5.61. The van der Waals surface area contributed by atoms with Gasteiger partial charge in [0.05, 0.1) is 26.4 Å². The predicted molar refractivity (Wildman–Crippen MR) is 117 cm³/mol. The standard InChI is InChI=1S/C25H32N2O3/c1-29-22-11-9-21(10-12-22)25(20-7-8-20)26-17-24(28)27-15-13-23(14-16-27)30-18-19-5-3-2-4-6-19/h2-6,9-12,20,23,25-26H,7-8,13-18H2,1H3. The van der Waals surface area contributed by atoms with Crippen LogP contribution in [0.5, 0.6) is 5.75 Å². The summed E-state index contributed by atoms with van der Waals surface area (Å²) in [5.74, 6) is 1.68. The van der Waals surface area contributed by atoms with Gasteiger partial charge in [-0.2, -0.15) is 0 Å². The minimum Gasteiger partial charge on any atom is -0.497 e. The van der Waals surface area contributed by atoms with Crippen molar-refractivity contribution in [2.75, 3.05) is 26.7 Å². The highest BCUT2D eigenvalue weighted by atomic mass is 16.5. The highest BCUT2D eigenvalue weighted by Crippen LogP contribution is 2.41. The summed E-state index contributed by atoms with van der Waals surface area (Å²) in [4.78, 5) is 14.7. The summed E-state index contributed by atoms with van der Waals surface area (Å²) in [6.45, 7) is 2.59. The van der Waals surface area contributed by atoms with E-state index in [-0.39, 0.29) is 18.1 Å². The molecular weight excluding hydrogens is 376 g/mol. The molecule has 1 unspecified atom stereocenters. The molecule has 30 heavy (non-hydrogen) atoms. The van der Waals surface area contributed by atoms with E-state index < -0.39 is 0 Å². The maximum Gasteiger partial charge on any atom is 0.236 e. The van der Waals surface area contributed by atoms with Crippen molar-refractivity contribution < 1.29 is 14.3 Å². The smallest absolute Gasteiger partial charge is 0.236 e. The Labute approximate surface area is 179 Å². The van der Waals surface area contributed by atoms with Crippen LogP contribution < -0.4 is 10.1 Å². The third-order valence-corrected chi connectivity index (χ3v) is 6.16. The number of ether oxygens (including phenoxy) is 2. The zero-order chi connectivity index (χ0) is 20.8. The topological polar surface area (TPSA) is 50.8 Å². The lowest BCUT2D eigenvalue weighted by Crippen LogP contribution is -2.45. The number of rotatable bonds is 9. The highest BCUT2D eigenvalue weighted by molar-refractivity contribution is 5.78. The molecule has 1 heterocycles. The number of piperidine rings is 1. The molecule has 1 saturated carbocycles. The number of nitrogens with one attached hydrogen (secondary N) is 1. The minimum atomic E-state index is 0.190. The van der Waals surface area contributed by atoms with Crippen molar-refractivity contribution in [3.63, 3.8) is 0 Å². The molecule has 1 amide bonds. The monoisotopic (exact) mass is 408 g/mol. The molecule has 1 aliphatic carbocycles. The highest BCUT2D eigenvalue weighted by Gasteiger charge is 2.33. The van der Waals surface area contributed by atoms with Crippen molar-refractivity contribution in [2.45, 2.75) is 44.4 Å². The Kier molecular flexibility index (Phi) is 7.03. The second kappa shape index (κ2) is 10.1. The molecule has 2 aliphatic rings. The number of hydrogen-bond acceptors (Lipinski definition) is 4. The van der Waals surface area contributed by atoms with Crippen LogP contribution in [-0.4, -0.2) is 43.7 Å². The van der Waals surface area contributed by atoms with E-state index in [0.29, 0.717) is 19.1 Å². The molecule has 1 saturated heterocycles. The lowest BCUT2D eigenvalue weighted by molar-refractivity contribution is -0.133. The van der Waals surface area contributed by atoms with E-state index >= 15 is 0 Å². The van der Waals surface area contributed by atoms with Crippen molar-refractivity contribution in [3.8, 4) is 5.75 Å². The van der Waals surface area contributed by atoms with E-state index in [1.807, 2.05) is 35.2 Å². The first-order valence-electron chi connectivity index (χ1n) is 11.0. The van der Waals surface area contributed by atoms with Gasteiger partial charge in [-0.25, -0.2) is 0 Å². The summed E-state index contributed by atoms with van der Waals surface area (Å²) in [6.07, 6.45) is 4.50. The SMILES string of the molecule is COc1ccc(C(NCC(=O)N2CCC(OCc3ccccc3)CC2)C2CC2)cc1. The molecule has 1 aliphatic heterocycles. The Morgan fingerprint density at radius 1 is 1.03 bits per heavy atom. The van der Waals surface area contributed by atoms with Crippen molar-refractivity contribution in [2.24, 2.45) is 5.92 Å². The normalized spacial score (nSPS) is 18.2. The molecule has 0 bridgehead atoms. The maximum absolute atomic E-state index is 12.8. The number of likely N-dealkylation sites (tertiary alicyclic amines) is 1. The van der Waals surface area contributed by atoms with Gasteiger partial charge in [0.2, 0.25) is 5.91 Å². The van der Waals surface area contributed by atoms with E-state index in [4.69, 9.17) is 9.47 Å². The summed E-state index contributed by atoms with van der Waals surface area (Å²) in [7, 11) is 1.68. The molecule has 2 aromatic rings. The van der Waals surface area contributed by atoms with Crippen molar-refractivity contribution in [3.05, 3.63) is 65.7 Å². The zero-order valence-electron chi connectivity index (χ0n) is 17.8. The molecule has 2 fully saturated rings. The number of amides is 1. The van der Waals surface area contributed by atoms with Gasteiger partial charge in [0, 0.05) is 19.1 Å². The number of methoxy groups -OCH3 is 1. The van der Waals surface area contributed by atoms with Gasteiger partial charge in [-0.1, -0.05) is 42.5 Å². The molecule has 2 aromatic carbocycles. The Morgan fingerprint density at radius 3 is 2.37 bits per heavy atom. The van der Waals surface area contributed by atoms with Crippen LogP contribution in [0.2, 0.25) is 0 Å². The summed E-state index contributed by atoms with van der Waals surface area (Å²) < 4.78 is 11.3. The fourth-order valence-corrected chi connectivity index (χ4v) is 4.17. The molecule has 0 radical (unpaired) electrons. The van der Waals surface area contributed by atoms with Gasteiger partial charge in [0.25, 0.3) is 0 Å². The molecule has 1 N–H and O–H groups in total. The van der Waals surface area contributed by atoms with Crippen LogP contribution in [0.1, 0.15) is 42.9 Å². The van der Waals surface area contributed by atoms with Gasteiger partial charge < -0.3 is 19.7 Å². The number of hydrogen-bond donors (Lipinski definition) is 1. The first-order chi connectivity index (χ1) is 14.7. The molecule has 5 nitrogen and oxygen atoms in total. The molecule has 0 aromatic heterocycles. The molecule has 4 rings (SSSR count). The van der Waals surface area contributed by atoms with Crippen molar-refractivity contribution in [1.29, 1.82) is 0 Å². The Morgan fingerprint density at radius 2 is 1.73 bits per heavy atom. The van der Waals surface area contributed by atoms with Crippen LogP contribution in [0.15, 0.2) is 54.6 Å². The fraction of sp³-hybridized carbons (Fsp3) is 0.480. The lowest BCUT2D eigenvalue weighted by atomic mass is 10.0. The van der Waals surface area contributed by atoms with Crippen LogP contribution in [0.4, 0.5) is 0 Å². The Hall–Kier alpha value is -2.37. The minimum absolute atomic E-state index is 0.190. The van der Waals surface area contributed by atoms with Crippen LogP contribution in [0.25, 0.3) is 0 Å². The zero-order valence-corrected chi connectivity index (χ0v) is 17.8. The summed E-state index contributed by atoms with van der Waals surface area (Å²) in [5, 5.41) is 3.53. The van der Waals surface area contributed by atoms with Gasteiger partial charge in [-0.15, -0.1) is 0 Å². The number of carbonyl (C=O) groups is 1. The third-order valence-electron chi connectivity index (χ3n) is 6.16. The van der Waals surface area contributed by atoms with E-state index in [1.54, 1.807) is 7.11 Å². The Bertz CT molecular complexity index is 797. The molecule has 1 atom stereocenters. The van der Waals surface area contributed by atoms with E-state index in [2.05, 4.69) is 29.6 Å². The summed E-state index contributed by atoms with van der Waals surface area (Å²) >= 11 is 0. The van der Waals surface area contributed by atoms with E-state index in [0.717, 1.165) is 31.7 Å². The van der Waals surface area contributed by atoms with Crippen molar-refractivity contribution >= 4 is 5.91 Å². The quantitative estimate of drug-likeness (QED) is 0.683. The summed E-state index contributed by atoms with van der Waals surface area (Å²) in [5.41, 5.74) is 2.43. The fourth-order valence-electron chi connectivity index (χ4n) is 4.17. The van der Waals surface area contributed by atoms with Crippen LogP contribution in [0.3, 0.4) is 0 Å². The largest absolute Gasteiger partial charge is 0.497 e. The van der Waals surface area contributed by atoms with Crippen LogP contribution in [-0.2, 0) is 16.1 Å². The molecule has 160 valence electrons. The lowest BCUT2D eigenvalue weighted by Gasteiger charge is -2.32.